The lowest BCUT2D eigenvalue weighted by Gasteiger charge is -2.15. The fraction of sp³-hybridized carbons (Fsp3) is 0.130. The number of carbonyl (C=O) groups excluding carboxylic acids is 2. The summed E-state index contributed by atoms with van der Waals surface area (Å²) in [5, 5.41) is 2.57. The standard InChI is InChI=1S/C23H20ClN5O4S/c1-13-5-4-6-17(11-13)29-21(30)19(24)20(22(29)31)27-16-7-9-18(10-8-16)34(32,33)28-23-25-14(2)12-15(3)26-23/h4-12,27H,1-3H3,(H,25,26,28). The van der Waals surface area contributed by atoms with Crippen molar-refractivity contribution in [1.82, 2.24) is 9.97 Å². The lowest BCUT2D eigenvalue weighted by Crippen LogP contribution is -2.32. The van der Waals surface area contributed by atoms with Gasteiger partial charge in [-0.1, -0.05) is 23.7 Å². The average molecular weight is 498 g/mol. The summed E-state index contributed by atoms with van der Waals surface area (Å²) in [6.07, 6.45) is 0. The van der Waals surface area contributed by atoms with Crippen molar-refractivity contribution >= 4 is 50.8 Å². The molecule has 174 valence electrons. The topological polar surface area (TPSA) is 121 Å². The van der Waals surface area contributed by atoms with E-state index in [0.717, 1.165) is 10.5 Å². The van der Waals surface area contributed by atoms with Crippen LogP contribution in [0.2, 0.25) is 0 Å². The zero-order chi connectivity index (χ0) is 24.6. The van der Waals surface area contributed by atoms with Gasteiger partial charge in [0, 0.05) is 17.1 Å². The van der Waals surface area contributed by atoms with Crippen molar-refractivity contribution in [2.45, 2.75) is 25.7 Å². The number of hydrogen-bond acceptors (Lipinski definition) is 7. The van der Waals surface area contributed by atoms with E-state index in [-0.39, 0.29) is 21.6 Å². The van der Waals surface area contributed by atoms with E-state index in [1.165, 1.54) is 24.3 Å². The maximum atomic E-state index is 12.9. The first-order valence-corrected chi connectivity index (χ1v) is 12.0. The molecule has 4 rings (SSSR count). The minimum atomic E-state index is -3.94. The highest BCUT2D eigenvalue weighted by Crippen LogP contribution is 2.30. The van der Waals surface area contributed by atoms with Crippen LogP contribution in [0, 0.1) is 20.8 Å². The van der Waals surface area contributed by atoms with Gasteiger partial charge < -0.3 is 5.32 Å². The molecule has 0 saturated carbocycles. The van der Waals surface area contributed by atoms with Crippen LogP contribution >= 0.6 is 11.6 Å². The van der Waals surface area contributed by atoms with Crippen LogP contribution in [-0.4, -0.2) is 30.2 Å². The van der Waals surface area contributed by atoms with Crippen molar-refractivity contribution in [3.63, 3.8) is 0 Å². The Kier molecular flexibility index (Phi) is 6.11. The van der Waals surface area contributed by atoms with Crippen molar-refractivity contribution in [3.8, 4) is 0 Å². The molecule has 0 saturated heterocycles. The van der Waals surface area contributed by atoms with Crippen molar-refractivity contribution in [3.05, 3.63) is 82.3 Å². The first-order chi connectivity index (χ1) is 16.0. The highest BCUT2D eigenvalue weighted by molar-refractivity contribution is 7.92. The summed E-state index contributed by atoms with van der Waals surface area (Å²) in [5.41, 5.74) is 2.83. The van der Waals surface area contributed by atoms with Gasteiger partial charge in [-0.25, -0.2) is 28.0 Å². The van der Waals surface area contributed by atoms with Crippen LogP contribution in [0.25, 0.3) is 0 Å². The Morgan fingerprint density at radius 3 is 2.15 bits per heavy atom. The highest BCUT2D eigenvalue weighted by Gasteiger charge is 2.39. The summed E-state index contributed by atoms with van der Waals surface area (Å²) in [5.74, 6) is -1.27. The van der Waals surface area contributed by atoms with Gasteiger partial charge in [-0.2, -0.15) is 0 Å². The molecule has 0 bridgehead atoms. The Morgan fingerprint density at radius 2 is 1.53 bits per heavy atom. The van der Waals surface area contributed by atoms with E-state index in [1.54, 1.807) is 38.1 Å². The number of aromatic nitrogens is 2. The van der Waals surface area contributed by atoms with E-state index < -0.39 is 21.8 Å². The number of halogens is 1. The molecule has 1 aliphatic rings. The Morgan fingerprint density at radius 1 is 0.882 bits per heavy atom. The van der Waals surface area contributed by atoms with Crippen LogP contribution in [0.15, 0.2) is 70.2 Å². The van der Waals surface area contributed by atoms with E-state index in [0.29, 0.717) is 22.8 Å². The minimum Gasteiger partial charge on any atom is -0.350 e. The van der Waals surface area contributed by atoms with Crippen molar-refractivity contribution in [2.24, 2.45) is 0 Å². The molecule has 0 radical (unpaired) electrons. The van der Waals surface area contributed by atoms with Crippen LogP contribution in [0.1, 0.15) is 17.0 Å². The van der Waals surface area contributed by atoms with E-state index >= 15 is 0 Å². The van der Waals surface area contributed by atoms with Gasteiger partial charge in [-0.15, -0.1) is 0 Å². The quantitative estimate of drug-likeness (QED) is 0.498. The van der Waals surface area contributed by atoms with Gasteiger partial charge in [0.05, 0.1) is 10.6 Å². The van der Waals surface area contributed by atoms with E-state index in [2.05, 4.69) is 20.0 Å². The summed E-state index contributed by atoms with van der Waals surface area (Å²) in [6.45, 7) is 5.32. The number of anilines is 3. The molecular weight excluding hydrogens is 478 g/mol. The molecule has 0 unspecified atom stereocenters. The monoisotopic (exact) mass is 497 g/mol. The second kappa shape index (κ2) is 8.88. The van der Waals surface area contributed by atoms with Crippen LogP contribution in [0.3, 0.4) is 0 Å². The summed E-state index contributed by atoms with van der Waals surface area (Å²) >= 11 is 6.16. The van der Waals surface area contributed by atoms with Gasteiger partial charge in [0.25, 0.3) is 21.8 Å². The van der Waals surface area contributed by atoms with E-state index in [9.17, 15) is 18.0 Å². The van der Waals surface area contributed by atoms with Gasteiger partial charge in [-0.05, 0) is 68.8 Å². The third-order valence-electron chi connectivity index (χ3n) is 4.93. The summed E-state index contributed by atoms with van der Waals surface area (Å²) < 4.78 is 27.8. The Hall–Kier alpha value is -3.76. The van der Waals surface area contributed by atoms with Gasteiger partial charge in [0.2, 0.25) is 5.95 Å². The molecule has 1 aromatic heterocycles. The molecule has 11 heteroatoms. The Labute approximate surface area is 201 Å². The molecule has 2 aromatic carbocycles. The minimum absolute atomic E-state index is 0.0251. The first kappa shape index (κ1) is 23.4. The van der Waals surface area contributed by atoms with E-state index in [4.69, 9.17) is 11.6 Å². The smallest absolute Gasteiger partial charge is 0.283 e. The van der Waals surface area contributed by atoms with Crippen molar-refractivity contribution < 1.29 is 18.0 Å². The largest absolute Gasteiger partial charge is 0.350 e. The highest BCUT2D eigenvalue weighted by atomic mass is 35.5. The maximum absolute atomic E-state index is 12.9. The van der Waals surface area contributed by atoms with Gasteiger partial charge >= 0.3 is 0 Å². The van der Waals surface area contributed by atoms with Crippen LogP contribution in [0.5, 0.6) is 0 Å². The molecule has 3 aromatic rings. The van der Waals surface area contributed by atoms with Crippen molar-refractivity contribution in [1.29, 1.82) is 0 Å². The number of hydrogen-bond donors (Lipinski definition) is 2. The molecule has 2 heterocycles. The van der Waals surface area contributed by atoms with Crippen LogP contribution < -0.4 is 14.9 Å². The molecule has 2 amide bonds. The Balaban J connectivity index is 1.53. The molecule has 0 aliphatic carbocycles. The van der Waals surface area contributed by atoms with Crippen LogP contribution in [-0.2, 0) is 19.6 Å². The third kappa shape index (κ3) is 4.63. The summed E-state index contributed by atoms with van der Waals surface area (Å²) in [4.78, 5) is 34.6. The second-order valence-corrected chi connectivity index (χ2v) is 9.76. The molecule has 0 atom stereocenters. The summed E-state index contributed by atoms with van der Waals surface area (Å²) in [6, 6.07) is 14.3. The van der Waals surface area contributed by atoms with Gasteiger partial charge in [0.1, 0.15) is 10.7 Å². The number of amides is 2. The first-order valence-electron chi connectivity index (χ1n) is 10.1. The molecular formula is C23H20ClN5O4S. The predicted molar refractivity (Wildman–Crippen MR) is 129 cm³/mol. The molecule has 0 fully saturated rings. The number of nitrogens with one attached hydrogen (secondary N) is 2. The number of aryl methyl sites for hydroxylation is 3. The fourth-order valence-corrected chi connectivity index (χ4v) is 4.58. The molecule has 1 aliphatic heterocycles. The normalized spacial score (nSPS) is 14.1. The second-order valence-electron chi connectivity index (χ2n) is 7.70. The molecule has 0 spiro atoms. The van der Waals surface area contributed by atoms with E-state index in [1.807, 2.05) is 13.0 Å². The maximum Gasteiger partial charge on any atom is 0.283 e. The number of imide groups is 1. The van der Waals surface area contributed by atoms with Gasteiger partial charge in [-0.3, -0.25) is 9.59 Å². The fourth-order valence-electron chi connectivity index (χ4n) is 3.43. The third-order valence-corrected chi connectivity index (χ3v) is 6.62. The van der Waals surface area contributed by atoms with Gasteiger partial charge in [0.15, 0.2) is 0 Å². The number of benzene rings is 2. The number of rotatable bonds is 6. The lowest BCUT2D eigenvalue weighted by molar-refractivity contribution is -0.120. The lowest BCUT2D eigenvalue weighted by atomic mass is 10.2. The SMILES string of the molecule is Cc1cccc(N2C(=O)C(Cl)=C(Nc3ccc(S(=O)(=O)Nc4nc(C)cc(C)n4)cc3)C2=O)c1. The number of sulfonamides is 1. The molecule has 34 heavy (non-hydrogen) atoms. The summed E-state index contributed by atoms with van der Waals surface area (Å²) in [7, 11) is -3.94. The predicted octanol–water partition coefficient (Wildman–Crippen LogP) is 3.64. The average Bonchev–Trinajstić information content (AvgIpc) is 2.96. The Bertz CT molecular complexity index is 1430. The number of carbonyl (C=O) groups is 2. The molecule has 2 N–H and O–H groups in total. The number of nitrogens with zero attached hydrogens (tertiary/aromatic N) is 3. The molecule has 9 nitrogen and oxygen atoms in total. The van der Waals surface area contributed by atoms with Crippen LogP contribution in [0.4, 0.5) is 17.3 Å². The zero-order valence-corrected chi connectivity index (χ0v) is 20.0. The van der Waals surface area contributed by atoms with Crippen molar-refractivity contribution in [2.75, 3.05) is 14.9 Å². The zero-order valence-electron chi connectivity index (χ0n) is 18.5.